The third kappa shape index (κ3) is 4.52. The number of carbonyl (C=O) groups excluding carboxylic acids is 2. The van der Waals surface area contributed by atoms with Crippen molar-refractivity contribution >= 4 is 23.4 Å². The molecule has 4 rings (SSSR count). The number of piperazine rings is 1. The smallest absolute Gasteiger partial charge is 0.293 e. The van der Waals surface area contributed by atoms with Gasteiger partial charge in [-0.2, -0.15) is 0 Å². The van der Waals surface area contributed by atoms with Crippen LogP contribution in [0.3, 0.4) is 0 Å². The van der Waals surface area contributed by atoms with Crippen LogP contribution in [-0.4, -0.2) is 46.4 Å². The highest BCUT2D eigenvalue weighted by atomic mass is 35.5. The Hall–Kier alpha value is -3.19. The number of hydrogen-bond donors (Lipinski definition) is 0. The molecule has 2 aromatic carbocycles. The maximum absolute atomic E-state index is 13.4. The summed E-state index contributed by atoms with van der Waals surface area (Å²) < 4.78 is 18.6. The van der Waals surface area contributed by atoms with Gasteiger partial charge in [0.1, 0.15) is 12.4 Å². The van der Waals surface area contributed by atoms with Gasteiger partial charge in [0.15, 0.2) is 0 Å². The van der Waals surface area contributed by atoms with E-state index in [2.05, 4.69) is 5.16 Å². The molecule has 0 N–H and O–H groups in total. The van der Waals surface area contributed by atoms with Crippen LogP contribution in [0.1, 0.15) is 27.4 Å². The predicted octanol–water partition coefficient (Wildman–Crippen LogP) is 3.54. The Morgan fingerprint density at radius 2 is 1.97 bits per heavy atom. The van der Waals surface area contributed by atoms with E-state index in [9.17, 15) is 14.0 Å². The van der Waals surface area contributed by atoms with Crippen LogP contribution in [0.2, 0.25) is 5.02 Å². The fourth-order valence-electron chi connectivity index (χ4n) is 3.39. The van der Waals surface area contributed by atoms with Gasteiger partial charge in [-0.25, -0.2) is 4.39 Å². The summed E-state index contributed by atoms with van der Waals surface area (Å²) >= 11 is 6.17. The van der Waals surface area contributed by atoms with E-state index in [0.29, 0.717) is 42.3 Å². The van der Waals surface area contributed by atoms with Gasteiger partial charge >= 0.3 is 0 Å². The molecule has 2 amide bonds. The molecule has 8 heteroatoms. The zero-order chi connectivity index (χ0) is 21.1. The van der Waals surface area contributed by atoms with Gasteiger partial charge in [0.2, 0.25) is 11.7 Å². The van der Waals surface area contributed by atoms with Crippen molar-refractivity contribution < 1.29 is 18.5 Å². The Morgan fingerprint density at radius 3 is 2.73 bits per heavy atom. The van der Waals surface area contributed by atoms with Gasteiger partial charge in [0, 0.05) is 37.1 Å². The number of rotatable bonds is 5. The van der Waals surface area contributed by atoms with Crippen LogP contribution in [0, 0.1) is 5.82 Å². The Bertz CT molecular complexity index is 1080. The zero-order valence-electron chi connectivity index (χ0n) is 16.1. The lowest BCUT2D eigenvalue weighted by Crippen LogP contribution is -2.51. The molecule has 0 spiro atoms. The molecule has 0 unspecified atom stereocenters. The van der Waals surface area contributed by atoms with E-state index < -0.39 is 0 Å². The number of nitrogens with zero attached hydrogens (tertiary/aromatic N) is 3. The van der Waals surface area contributed by atoms with Gasteiger partial charge in [0.25, 0.3) is 5.91 Å². The second-order valence-electron chi connectivity index (χ2n) is 7.12. The van der Waals surface area contributed by atoms with Crippen LogP contribution >= 0.6 is 11.6 Å². The Labute approximate surface area is 177 Å². The maximum Gasteiger partial charge on any atom is 0.293 e. The molecule has 1 aliphatic heterocycles. The monoisotopic (exact) mass is 427 g/mol. The molecule has 1 saturated heterocycles. The Morgan fingerprint density at radius 1 is 1.13 bits per heavy atom. The molecule has 0 radical (unpaired) electrons. The Balaban J connectivity index is 1.37. The van der Waals surface area contributed by atoms with E-state index in [0.717, 1.165) is 5.56 Å². The third-order valence-electron chi connectivity index (χ3n) is 4.97. The van der Waals surface area contributed by atoms with Gasteiger partial charge in [-0.05, 0) is 29.3 Å². The first kappa shape index (κ1) is 20.1. The number of hydrogen-bond acceptors (Lipinski definition) is 4. The van der Waals surface area contributed by atoms with Crippen LogP contribution in [0.15, 0.2) is 59.1 Å². The lowest BCUT2D eigenvalue weighted by molar-refractivity contribution is -0.135. The zero-order valence-corrected chi connectivity index (χ0v) is 16.8. The van der Waals surface area contributed by atoms with Gasteiger partial charge < -0.3 is 14.3 Å². The minimum absolute atomic E-state index is 0.0608. The predicted molar refractivity (Wildman–Crippen MR) is 108 cm³/mol. The van der Waals surface area contributed by atoms with Crippen molar-refractivity contribution in [3.63, 3.8) is 0 Å². The molecule has 0 saturated carbocycles. The summed E-state index contributed by atoms with van der Waals surface area (Å²) in [4.78, 5) is 28.3. The molecule has 0 bridgehead atoms. The molecule has 6 nitrogen and oxygen atoms in total. The topological polar surface area (TPSA) is 66.7 Å². The molecule has 2 heterocycles. The SMILES string of the molecule is O=C1CN(C(=O)c2cc(Cc3ccccc3Cl)no2)CCN1Cc1cccc(F)c1. The minimum atomic E-state index is -0.383. The average molecular weight is 428 g/mol. The van der Waals surface area contributed by atoms with E-state index in [1.807, 2.05) is 18.2 Å². The van der Waals surface area contributed by atoms with Crippen LogP contribution in [0.4, 0.5) is 4.39 Å². The summed E-state index contributed by atoms with van der Waals surface area (Å²) in [5.41, 5.74) is 2.18. The van der Waals surface area contributed by atoms with Crippen molar-refractivity contribution in [2.24, 2.45) is 0 Å². The van der Waals surface area contributed by atoms with E-state index >= 15 is 0 Å². The van der Waals surface area contributed by atoms with Gasteiger partial charge in [-0.1, -0.05) is 47.1 Å². The summed E-state index contributed by atoms with van der Waals surface area (Å²) in [5.74, 6) is -0.837. The van der Waals surface area contributed by atoms with Crippen LogP contribution in [-0.2, 0) is 17.8 Å². The second kappa shape index (κ2) is 8.67. The highest BCUT2D eigenvalue weighted by molar-refractivity contribution is 6.31. The molecule has 30 heavy (non-hydrogen) atoms. The first-order valence-corrected chi connectivity index (χ1v) is 9.88. The van der Waals surface area contributed by atoms with Crippen LogP contribution in [0.5, 0.6) is 0 Å². The van der Waals surface area contributed by atoms with E-state index in [1.54, 1.807) is 29.2 Å². The standard InChI is InChI=1S/C22H19ClFN3O3/c23-19-7-2-1-5-16(19)11-18-12-20(30-25-18)22(29)27-9-8-26(21(28)14-27)13-15-4-3-6-17(24)10-15/h1-7,10,12H,8-9,11,13-14H2. The molecule has 1 aliphatic rings. The van der Waals surface area contributed by atoms with Crippen LogP contribution in [0.25, 0.3) is 0 Å². The van der Waals surface area contributed by atoms with Crippen molar-refractivity contribution in [1.29, 1.82) is 0 Å². The largest absolute Gasteiger partial charge is 0.351 e. The van der Waals surface area contributed by atoms with Crippen molar-refractivity contribution in [2.45, 2.75) is 13.0 Å². The normalized spacial score (nSPS) is 14.3. The summed E-state index contributed by atoms with van der Waals surface area (Å²) in [6, 6.07) is 15.1. The van der Waals surface area contributed by atoms with E-state index in [4.69, 9.17) is 16.1 Å². The molecular formula is C22H19ClFN3O3. The number of carbonyl (C=O) groups is 2. The first-order valence-electron chi connectivity index (χ1n) is 9.50. The van der Waals surface area contributed by atoms with E-state index in [1.165, 1.54) is 17.0 Å². The second-order valence-corrected chi connectivity index (χ2v) is 7.53. The molecule has 1 fully saturated rings. The number of amides is 2. The first-order chi connectivity index (χ1) is 14.5. The van der Waals surface area contributed by atoms with Crippen LogP contribution < -0.4 is 0 Å². The molecule has 1 aromatic heterocycles. The molecule has 3 aromatic rings. The fraction of sp³-hybridized carbons (Fsp3) is 0.227. The molecule has 0 atom stereocenters. The summed E-state index contributed by atoms with van der Waals surface area (Å²) in [6.45, 7) is 0.972. The fourth-order valence-corrected chi connectivity index (χ4v) is 3.60. The van der Waals surface area contributed by atoms with Gasteiger partial charge in [-0.3, -0.25) is 9.59 Å². The molecular weight excluding hydrogens is 409 g/mol. The van der Waals surface area contributed by atoms with Crippen molar-refractivity contribution in [1.82, 2.24) is 15.0 Å². The summed E-state index contributed by atoms with van der Waals surface area (Å²) in [7, 11) is 0. The Kier molecular flexibility index (Phi) is 5.81. The maximum atomic E-state index is 13.4. The average Bonchev–Trinajstić information content (AvgIpc) is 3.19. The third-order valence-corrected chi connectivity index (χ3v) is 5.34. The number of benzene rings is 2. The van der Waals surface area contributed by atoms with E-state index in [-0.39, 0.29) is 29.9 Å². The molecule has 0 aliphatic carbocycles. The molecule has 154 valence electrons. The van der Waals surface area contributed by atoms with Crippen molar-refractivity contribution in [3.8, 4) is 0 Å². The van der Waals surface area contributed by atoms with Crippen molar-refractivity contribution in [2.75, 3.05) is 19.6 Å². The highest BCUT2D eigenvalue weighted by Gasteiger charge is 2.29. The minimum Gasteiger partial charge on any atom is -0.351 e. The lowest BCUT2D eigenvalue weighted by atomic mass is 10.1. The summed E-state index contributed by atoms with van der Waals surface area (Å²) in [6.07, 6.45) is 0.441. The van der Waals surface area contributed by atoms with Gasteiger partial charge in [0.05, 0.1) is 5.69 Å². The van der Waals surface area contributed by atoms with Crippen molar-refractivity contribution in [3.05, 3.63) is 88.0 Å². The van der Waals surface area contributed by atoms with Gasteiger partial charge in [-0.15, -0.1) is 0 Å². The number of halogens is 2. The lowest BCUT2D eigenvalue weighted by Gasteiger charge is -2.33. The summed E-state index contributed by atoms with van der Waals surface area (Å²) in [5, 5.41) is 4.57. The number of aromatic nitrogens is 1. The highest BCUT2D eigenvalue weighted by Crippen LogP contribution is 2.20. The quantitative estimate of drug-likeness (QED) is 0.624.